The normalized spacial score (nSPS) is 29.7. The van der Waals surface area contributed by atoms with Gasteiger partial charge in [-0.05, 0) is 44.4 Å². The van der Waals surface area contributed by atoms with E-state index in [0.29, 0.717) is 12.1 Å². The predicted octanol–water partition coefficient (Wildman–Crippen LogP) is 4.56. The molecule has 2 rings (SSSR count). The summed E-state index contributed by atoms with van der Waals surface area (Å²) >= 11 is 1.78. The van der Waals surface area contributed by atoms with E-state index in [-0.39, 0.29) is 0 Å². The molecule has 0 amide bonds. The highest BCUT2D eigenvalue weighted by molar-refractivity contribution is 7.09. The Morgan fingerprint density at radius 3 is 2.63 bits per heavy atom. The van der Waals surface area contributed by atoms with Crippen LogP contribution in [0, 0.1) is 24.7 Å². The van der Waals surface area contributed by atoms with Crippen LogP contribution in [0.2, 0.25) is 0 Å². The summed E-state index contributed by atoms with van der Waals surface area (Å²) in [7, 11) is 0. The quantitative estimate of drug-likeness (QED) is 0.874. The maximum absolute atomic E-state index is 4.38. The van der Waals surface area contributed by atoms with Crippen LogP contribution in [0.25, 0.3) is 0 Å². The van der Waals surface area contributed by atoms with Crippen molar-refractivity contribution in [3.05, 3.63) is 16.1 Å². The van der Waals surface area contributed by atoms with E-state index in [4.69, 9.17) is 0 Å². The van der Waals surface area contributed by atoms with E-state index in [1.807, 2.05) is 5.51 Å². The van der Waals surface area contributed by atoms with Crippen LogP contribution in [0.4, 0.5) is 0 Å². The van der Waals surface area contributed by atoms with Gasteiger partial charge in [0.05, 0.1) is 11.2 Å². The first-order valence-corrected chi connectivity index (χ1v) is 8.53. The predicted molar refractivity (Wildman–Crippen MR) is 83.5 cm³/mol. The van der Waals surface area contributed by atoms with Crippen LogP contribution in [-0.2, 0) is 0 Å². The van der Waals surface area contributed by atoms with Crippen LogP contribution in [0.1, 0.15) is 63.6 Å². The Labute approximate surface area is 122 Å². The first-order valence-electron chi connectivity index (χ1n) is 7.65. The van der Waals surface area contributed by atoms with Gasteiger partial charge >= 0.3 is 0 Å². The van der Waals surface area contributed by atoms with Gasteiger partial charge in [0.1, 0.15) is 0 Å². The van der Waals surface area contributed by atoms with E-state index in [9.17, 15) is 0 Å². The summed E-state index contributed by atoms with van der Waals surface area (Å²) in [6.07, 6.45) is 4.10. The molecule has 1 fully saturated rings. The molecule has 19 heavy (non-hydrogen) atoms. The third-order valence-electron chi connectivity index (χ3n) is 4.66. The molecule has 4 unspecified atom stereocenters. The monoisotopic (exact) mass is 280 g/mol. The lowest BCUT2D eigenvalue weighted by Gasteiger charge is -2.39. The van der Waals surface area contributed by atoms with Gasteiger partial charge in [-0.2, -0.15) is 0 Å². The molecule has 0 radical (unpaired) electrons. The van der Waals surface area contributed by atoms with Crippen molar-refractivity contribution in [2.75, 3.05) is 0 Å². The van der Waals surface area contributed by atoms with Crippen LogP contribution in [0.15, 0.2) is 5.51 Å². The Kier molecular flexibility index (Phi) is 5.02. The largest absolute Gasteiger partial charge is 0.306 e. The van der Waals surface area contributed by atoms with Crippen molar-refractivity contribution in [2.45, 2.75) is 66.0 Å². The lowest BCUT2D eigenvalue weighted by molar-refractivity contribution is 0.161. The van der Waals surface area contributed by atoms with Crippen LogP contribution in [0.5, 0.6) is 0 Å². The van der Waals surface area contributed by atoms with Crippen LogP contribution >= 0.6 is 11.3 Å². The van der Waals surface area contributed by atoms with Gasteiger partial charge in [0.2, 0.25) is 0 Å². The fourth-order valence-corrected chi connectivity index (χ4v) is 4.34. The lowest BCUT2D eigenvalue weighted by Crippen LogP contribution is -2.43. The average molecular weight is 280 g/mol. The van der Waals surface area contributed by atoms with Gasteiger partial charge in [0.25, 0.3) is 0 Å². The third kappa shape index (κ3) is 3.57. The topological polar surface area (TPSA) is 24.9 Å². The van der Waals surface area contributed by atoms with Gasteiger partial charge in [0, 0.05) is 17.0 Å². The number of thiazole rings is 1. The average Bonchev–Trinajstić information content (AvgIpc) is 2.75. The van der Waals surface area contributed by atoms with Gasteiger partial charge in [-0.1, -0.05) is 27.2 Å². The van der Waals surface area contributed by atoms with E-state index in [1.165, 1.54) is 29.8 Å². The van der Waals surface area contributed by atoms with Gasteiger partial charge in [-0.25, -0.2) is 4.98 Å². The minimum atomic E-state index is 0.434. The van der Waals surface area contributed by atoms with Crippen LogP contribution in [0.3, 0.4) is 0 Å². The molecule has 3 heteroatoms. The van der Waals surface area contributed by atoms with Gasteiger partial charge in [0.15, 0.2) is 0 Å². The number of aryl methyl sites for hydroxylation is 1. The zero-order valence-corrected chi connectivity index (χ0v) is 13.8. The van der Waals surface area contributed by atoms with Crippen molar-refractivity contribution >= 4 is 11.3 Å². The Bertz CT molecular complexity index is 399. The summed E-state index contributed by atoms with van der Waals surface area (Å²) in [6, 6.07) is 1.10. The highest BCUT2D eigenvalue weighted by atomic mass is 32.1. The molecule has 1 aromatic rings. The fourth-order valence-electron chi connectivity index (χ4n) is 3.52. The molecule has 4 atom stereocenters. The summed E-state index contributed by atoms with van der Waals surface area (Å²) < 4.78 is 0. The van der Waals surface area contributed by atoms with Gasteiger partial charge < -0.3 is 5.32 Å². The van der Waals surface area contributed by atoms with E-state index >= 15 is 0 Å². The molecule has 1 N–H and O–H groups in total. The summed E-state index contributed by atoms with van der Waals surface area (Å²) in [5.41, 5.74) is 3.15. The second kappa shape index (κ2) is 6.36. The minimum Gasteiger partial charge on any atom is -0.306 e. The molecule has 108 valence electrons. The Balaban J connectivity index is 2.04. The molecular formula is C16H28N2S. The molecule has 1 saturated carbocycles. The molecule has 0 aromatic carbocycles. The Morgan fingerprint density at radius 2 is 2.05 bits per heavy atom. The highest BCUT2D eigenvalue weighted by Gasteiger charge is 2.31. The number of nitrogens with zero attached hydrogens (tertiary/aromatic N) is 1. The molecule has 0 spiro atoms. The molecule has 0 aliphatic heterocycles. The lowest BCUT2D eigenvalue weighted by atomic mass is 9.74. The number of rotatable bonds is 4. The van der Waals surface area contributed by atoms with Gasteiger partial charge in [-0.15, -0.1) is 11.3 Å². The number of hydrogen-bond donors (Lipinski definition) is 1. The number of aromatic nitrogens is 1. The molecule has 1 aliphatic rings. The zero-order valence-electron chi connectivity index (χ0n) is 12.9. The van der Waals surface area contributed by atoms with Gasteiger partial charge in [-0.3, -0.25) is 0 Å². The van der Waals surface area contributed by atoms with Crippen LogP contribution < -0.4 is 5.32 Å². The van der Waals surface area contributed by atoms with E-state index in [2.05, 4.69) is 44.9 Å². The molecular weight excluding hydrogens is 252 g/mol. The zero-order chi connectivity index (χ0) is 14.0. The Hall–Kier alpha value is -0.410. The summed E-state index contributed by atoms with van der Waals surface area (Å²) in [4.78, 5) is 5.78. The Morgan fingerprint density at radius 1 is 1.32 bits per heavy atom. The molecule has 0 saturated heterocycles. The number of nitrogens with one attached hydrogen (secondary N) is 1. The molecule has 1 aromatic heterocycles. The van der Waals surface area contributed by atoms with Crippen molar-refractivity contribution in [1.29, 1.82) is 0 Å². The van der Waals surface area contributed by atoms with Crippen molar-refractivity contribution in [1.82, 2.24) is 10.3 Å². The van der Waals surface area contributed by atoms with Crippen LogP contribution in [-0.4, -0.2) is 11.0 Å². The first-order chi connectivity index (χ1) is 8.99. The maximum Gasteiger partial charge on any atom is 0.0798 e. The molecule has 2 nitrogen and oxygen atoms in total. The first kappa shape index (κ1) is 15.0. The molecule has 1 heterocycles. The smallest absolute Gasteiger partial charge is 0.0798 e. The van der Waals surface area contributed by atoms with Crippen molar-refractivity contribution < 1.29 is 0 Å². The van der Waals surface area contributed by atoms with E-state index in [0.717, 1.165) is 17.8 Å². The minimum absolute atomic E-state index is 0.434. The van der Waals surface area contributed by atoms with E-state index in [1.54, 1.807) is 11.3 Å². The molecule has 0 bridgehead atoms. The SMILES string of the molecule is Cc1ncsc1C(C)NC1CC(C)CCC1C(C)C. The summed E-state index contributed by atoms with van der Waals surface area (Å²) in [5.74, 6) is 2.47. The molecule has 1 aliphatic carbocycles. The highest BCUT2D eigenvalue weighted by Crippen LogP contribution is 2.35. The number of hydrogen-bond acceptors (Lipinski definition) is 3. The van der Waals surface area contributed by atoms with Crippen molar-refractivity contribution in [3.63, 3.8) is 0 Å². The summed E-state index contributed by atoms with van der Waals surface area (Å²) in [5, 5.41) is 3.89. The van der Waals surface area contributed by atoms with E-state index < -0.39 is 0 Å². The summed E-state index contributed by atoms with van der Waals surface area (Å²) in [6.45, 7) is 11.5. The third-order valence-corrected chi connectivity index (χ3v) is 5.78. The standard InChI is InChI=1S/C16H28N2S/c1-10(2)14-7-6-11(3)8-15(14)18-13(5)16-12(4)17-9-19-16/h9-11,13-15,18H,6-8H2,1-5H3. The maximum atomic E-state index is 4.38. The second-order valence-corrected chi connectivity index (χ2v) is 7.51. The van der Waals surface area contributed by atoms with Crippen molar-refractivity contribution in [3.8, 4) is 0 Å². The fraction of sp³-hybridized carbons (Fsp3) is 0.812. The van der Waals surface area contributed by atoms with Crippen molar-refractivity contribution in [2.24, 2.45) is 17.8 Å². The second-order valence-electron chi connectivity index (χ2n) is 6.62.